The van der Waals surface area contributed by atoms with Gasteiger partial charge >= 0.3 is 0 Å². The Kier molecular flexibility index (Phi) is 9.41. The second kappa shape index (κ2) is 12.5. The highest BCUT2D eigenvalue weighted by Crippen LogP contribution is 2.26. The summed E-state index contributed by atoms with van der Waals surface area (Å²) in [7, 11) is 0. The van der Waals surface area contributed by atoms with Crippen molar-refractivity contribution in [2.45, 2.75) is 53.5 Å². The average Bonchev–Trinajstić information content (AvgIpc) is 3.18. The lowest BCUT2D eigenvalue weighted by Crippen LogP contribution is -2.34. The van der Waals surface area contributed by atoms with E-state index in [1.54, 1.807) is 12.1 Å². The second-order valence-electron chi connectivity index (χ2n) is 10.0. The van der Waals surface area contributed by atoms with E-state index in [1.807, 2.05) is 27.7 Å². The van der Waals surface area contributed by atoms with Gasteiger partial charge in [0.15, 0.2) is 0 Å². The smallest absolute Gasteiger partial charge is 0.269 e. The molecule has 0 bridgehead atoms. The van der Waals surface area contributed by atoms with Gasteiger partial charge < -0.3 is 20.5 Å². The number of carbonyl (C=O) groups is 1. The number of carbonyl (C=O) groups excluding carboxylic acids is 1. The quantitative estimate of drug-likeness (QED) is 0.237. The molecule has 0 aliphatic heterocycles. The van der Waals surface area contributed by atoms with Crippen LogP contribution in [0.3, 0.4) is 0 Å². The maximum atomic E-state index is 13.5. The number of hydrogen-bond acceptors (Lipinski definition) is 6. The summed E-state index contributed by atoms with van der Waals surface area (Å²) in [6.45, 7) is 11.3. The van der Waals surface area contributed by atoms with Gasteiger partial charge in [-0.25, -0.2) is 4.98 Å². The number of rotatable bonds is 13. The van der Waals surface area contributed by atoms with Crippen LogP contribution in [0.4, 0.5) is 17.3 Å². The fourth-order valence-electron chi connectivity index (χ4n) is 3.95. The molecular formula is C27H38N6O3. The molecule has 0 spiro atoms. The summed E-state index contributed by atoms with van der Waals surface area (Å²) in [6, 6.07) is 11.9. The first kappa shape index (κ1) is 27.1. The molecule has 36 heavy (non-hydrogen) atoms. The lowest BCUT2D eigenvalue weighted by atomic mass is 10.1. The molecule has 1 amide bonds. The molecule has 9 nitrogen and oxygen atoms in total. The number of nitrogens with one attached hydrogen (secondary N) is 1. The van der Waals surface area contributed by atoms with Crippen LogP contribution in [0.5, 0.6) is 0 Å². The highest BCUT2D eigenvalue weighted by molar-refractivity contribution is 5.98. The molecule has 1 heterocycles. The number of benzene rings is 2. The Morgan fingerprint density at radius 1 is 1.08 bits per heavy atom. The number of imidazole rings is 1. The minimum Gasteiger partial charge on any atom is -0.339 e. The van der Waals surface area contributed by atoms with E-state index in [2.05, 4.69) is 33.0 Å². The molecule has 3 aromatic rings. The van der Waals surface area contributed by atoms with Crippen molar-refractivity contribution < 1.29 is 9.72 Å². The van der Waals surface area contributed by atoms with Gasteiger partial charge in [-0.2, -0.15) is 0 Å². The molecule has 0 atom stereocenters. The van der Waals surface area contributed by atoms with Gasteiger partial charge in [0, 0.05) is 43.0 Å². The summed E-state index contributed by atoms with van der Waals surface area (Å²) in [4.78, 5) is 30.8. The minimum atomic E-state index is -0.426. The number of nitrogens with two attached hydrogens (primary N) is 1. The van der Waals surface area contributed by atoms with Crippen LogP contribution in [0.25, 0.3) is 11.0 Å². The van der Waals surface area contributed by atoms with E-state index >= 15 is 0 Å². The molecule has 2 aromatic carbocycles. The molecule has 0 fully saturated rings. The highest BCUT2D eigenvalue weighted by Gasteiger charge is 2.19. The Bertz CT molecular complexity index is 1160. The van der Waals surface area contributed by atoms with Crippen LogP contribution in [-0.4, -0.2) is 44.9 Å². The largest absolute Gasteiger partial charge is 0.339 e. The number of anilines is 2. The third-order valence-electron chi connectivity index (χ3n) is 6.16. The number of nitro benzene ring substituents is 1. The van der Waals surface area contributed by atoms with Crippen molar-refractivity contribution in [1.29, 1.82) is 0 Å². The number of non-ortho nitro benzene ring substituents is 1. The van der Waals surface area contributed by atoms with E-state index in [0.29, 0.717) is 42.1 Å². The molecule has 0 unspecified atom stereocenters. The van der Waals surface area contributed by atoms with E-state index in [9.17, 15) is 14.9 Å². The number of aromatic nitrogens is 2. The van der Waals surface area contributed by atoms with Gasteiger partial charge in [0.2, 0.25) is 5.95 Å². The Balaban J connectivity index is 1.93. The zero-order valence-corrected chi connectivity index (χ0v) is 21.7. The van der Waals surface area contributed by atoms with Crippen molar-refractivity contribution in [2.75, 3.05) is 25.0 Å². The summed E-state index contributed by atoms with van der Waals surface area (Å²) < 4.78 is 2.02. The zero-order valence-electron chi connectivity index (χ0n) is 21.7. The van der Waals surface area contributed by atoms with E-state index < -0.39 is 4.92 Å². The van der Waals surface area contributed by atoms with Gasteiger partial charge in [-0.15, -0.1) is 0 Å². The van der Waals surface area contributed by atoms with Crippen molar-refractivity contribution in [2.24, 2.45) is 17.6 Å². The Morgan fingerprint density at radius 2 is 1.72 bits per heavy atom. The third-order valence-corrected chi connectivity index (χ3v) is 6.16. The topological polar surface area (TPSA) is 119 Å². The predicted octanol–water partition coefficient (Wildman–Crippen LogP) is 5.57. The number of hydrogen-bond donors (Lipinski definition) is 2. The summed E-state index contributed by atoms with van der Waals surface area (Å²) in [5, 5.41) is 14.2. The van der Waals surface area contributed by atoms with E-state index in [4.69, 9.17) is 10.7 Å². The number of nitrogens with zero attached hydrogens (tertiary/aromatic N) is 4. The maximum Gasteiger partial charge on any atom is 0.269 e. The molecule has 0 radical (unpaired) electrons. The Morgan fingerprint density at radius 3 is 2.28 bits per heavy atom. The molecule has 0 saturated heterocycles. The Hall–Kier alpha value is -3.46. The molecule has 0 saturated carbocycles. The molecule has 194 valence electrons. The van der Waals surface area contributed by atoms with Crippen LogP contribution in [0.2, 0.25) is 0 Å². The minimum absolute atomic E-state index is 0.0276. The molecular weight excluding hydrogens is 456 g/mol. The monoisotopic (exact) mass is 494 g/mol. The van der Waals surface area contributed by atoms with E-state index in [1.165, 1.54) is 12.1 Å². The fraction of sp³-hybridized carbons (Fsp3) is 0.481. The highest BCUT2D eigenvalue weighted by atomic mass is 16.6. The van der Waals surface area contributed by atoms with Crippen LogP contribution < -0.4 is 11.1 Å². The standard InChI is InChI=1S/C27H38N6O3/c1-19(2)12-16-31(17-13-20(3)4)26(34)21-6-11-24-25(18-21)32(15-5-14-28)27(30-24)29-22-7-9-23(10-8-22)33(35)36/h6-11,18-20H,5,12-17,28H2,1-4H3,(H,29,30). The van der Waals surface area contributed by atoms with Crippen molar-refractivity contribution in [3.63, 3.8) is 0 Å². The number of aryl methyl sites for hydroxylation is 1. The van der Waals surface area contributed by atoms with Crippen molar-refractivity contribution >= 4 is 34.3 Å². The van der Waals surface area contributed by atoms with Gasteiger partial charge in [0.05, 0.1) is 16.0 Å². The lowest BCUT2D eigenvalue weighted by molar-refractivity contribution is -0.384. The summed E-state index contributed by atoms with van der Waals surface area (Å²) in [5.41, 5.74) is 8.77. The first-order chi connectivity index (χ1) is 17.2. The average molecular weight is 495 g/mol. The maximum absolute atomic E-state index is 13.5. The van der Waals surface area contributed by atoms with Gasteiger partial charge in [0.1, 0.15) is 0 Å². The van der Waals surface area contributed by atoms with Gasteiger partial charge in [-0.05, 0) is 68.0 Å². The van der Waals surface area contributed by atoms with E-state index in [-0.39, 0.29) is 11.6 Å². The van der Waals surface area contributed by atoms with Crippen LogP contribution in [0.15, 0.2) is 42.5 Å². The fourth-order valence-corrected chi connectivity index (χ4v) is 3.95. The summed E-state index contributed by atoms with van der Waals surface area (Å²) >= 11 is 0. The second-order valence-corrected chi connectivity index (χ2v) is 10.0. The predicted molar refractivity (Wildman–Crippen MR) is 145 cm³/mol. The van der Waals surface area contributed by atoms with Crippen molar-refractivity contribution in [3.8, 4) is 0 Å². The van der Waals surface area contributed by atoms with Crippen LogP contribution in [0, 0.1) is 22.0 Å². The molecule has 0 aliphatic rings. The molecule has 3 rings (SSSR count). The van der Waals surface area contributed by atoms with Gasteiger partial charge in [0.25, 0.3) is 11.6 Å². The Labute approximate surface area is 212 Å². The number of nitro groups is 1. The van der Waals surface area contributed by atoms with E-state index in [0.717, 1.165) is 43.4 Å². The lowest BCUT2D eigenvalue weighted by Gasteiger charge is -2.24. The first-order valence-corrected chi connectivity index (χ1v) is 12.7. The van der Waals surface area contributed by atoms with Crippen molar-refractivity contribution in [3.05, 3.63) is 58.1 Å². The van der Waals surface area contributed by atoms with Crippen LogP contribution in [-0.2, 0) is 6.54 Å². The van der Waals surface area contributed by atoms with Gasteiger partial charge in [-0.3, -0.25) is 14.9 Å². The van der Waals surface area contributed by atoms with Gasteiger partial charge in [-0.1, -0.05) is 27.7 Å². The third kappa shape index (κ3) is 7.04. The van der Waals surface area contributed by atoms with Crippen LogP contribution >= 0.6 is 0 Å². The summed E-state index contributed by atoms with van der Waals surface area (Å²) in [5.74, 6) is 1.68. The van der Waals surface area contributed by atoms with Crippen molar-refractivity contribution in [1.82, 2.24) is 14.5 Å². The van der Waals surface area contributed by atoms with Crippen LogP contribution in [0.1, 0.15) is 57.3 Å². The number of fused-ring (bicyclic) bond motifs is 1. The summed E-state index contributed by atoms with van der Waals surface area (Å²) in [6.07, 6.45) is 2.67. The first-order valence-electron chi connectivity index (χ1n) is 12.7. The number of amides is 1. The SMILES string of the molecule is CC(C)CCN(CCC(C)C)C(=O)c1ccc2nc(Nc3ccc([N+](=O)[O-])cc3)n(CCCN)c2c1. The molecule has 3 N–H and O–H groups in total. The molecule has 0 aliphatic carbocycles. The normalized spacial score (nSPS) is 11.4. The zero-order chi connectivity index (χ0) is 26.2. The molecule has 9 heteroatoms. The molecule has 1 aromatic heterocycles.